The lowest BCUT2D eigenvalue weighted by atomic mass is 10.1. The van der Waals surface area contributed by atoms with Crippen LogP contribution in [0.1, 0.15) is 0 Å². The first-order valence-electron chi connectivity index (χ1n) is 11.1. The summed E-state index contributed by atoms with van der Waals surface area (Å²) in [5.41, 5.74) is 9.17. The van der Waals surface area contributed by atoms with E-state index in [1.54, 1.807) is 36.1 Å². The standard InChI is InChI=1S/C24H25ClFN7O/c1-34-15-14-31-10-12-32(13-11-31)24-28-21(16-2-6-18(26)7-3-16)20-22(27)33(30-23(20)29-24)19-8-4-17(25)5-9-19/h2-9H,10-15,27H2,1H3. The Hall–Kier alpha value is -3.27. The Kier molecular flexibility index (Phi) is 6.32. The van der Waals surface area contributed by atoms with Gasteiger partial charge in [-0.2, -0.15) is 4.98 Å². The molecule has 4 aromatic rings. The molecule has 3 heterocycles. The minimum Gasteiger partial charge on any atom is -0.383 e. The Morgan fingerprint density at radius 3 is 2.38 bits per heavy atom. The molecule has 0 atom stereocenters. The molecule has 0 spiro atoms. The number of hydrogen-bond acceptors (Lipinski definition) is 7. The van der Waals surface area contributed by atoms with Crippen molar-refractivity contribution in [1.82, 2.24) is 24.6 Å². The van der Waals surface area contributed by atoms with Gasteiger partial charge in [0.05, 0.1) is 23.4 Å². The van der Waals surface area contributed by atoms with E-state index in [4.69, 9.17) is 37.1 Å². The summed E-state index contributed by atoms with van der Waals surface area (Å²) >= 11 is 6.05. The van der Waals surface area contributed by atoms with Crippen molar-refractivity contribution in [2.75, 3.05) is 57.1 Å². The van der Waals surface area contributed by atoms with Crippen molar-refractivity contribution in [3.05, 3.63) is 59.4 Å². The first-order valence-corrected chi connectivity index (χ1v) is 11.5. The quantitative estimate of drug-likeness (QED) is 0.450. The third kappa shape index (κ3) is 4.42. The second-order valence-corrected chi connectivity index (χ2v) is 8.61. The summed E-state index contributed by atoms with van der Waals surface area (Å²) in [5, 5.41) is 5.95. The molecule has 176 valence electrons. The molecule has 8 nitrogen and oxygen atoms in total. The molecule has 5 rings (SSSR count). The minimum atomic E-state index is -0.314. The van der Waals surface area contributed by atoms with Gasteiger partial charge in [-0.1, -0.05) is 11.6 Å². The van der Waals surface area contributed by atoms with Gasteiger partial charge in [0.1, 0.15) is 11.6 Å². The van der Waals surface area contributed by atoms with E-state index in [9.17, 15) is 4.39 Å². The average Bonchev–Trinajstić information content (AvgIpc) is 3.20. The van der Waals surface area contributed by atoms with Crippen LogP contribution in [0, 0.1) is 5.82 Å². The van der Waals surface area contributed by atoms with E-state index in [1.807, 2.05) is 12.1 Å². The first-order chi connectivity index (χ1) is 16.5. The predicted molar refractivity (Wildman–Crippen MR) is 132 cm³/mol. The molecule has 34 heavy (non-hydrogen) atoms. The predicted octanol–water partition coefficient (Wildman–Crippen LogP) is 3.63. The Morgan fingerprint density at radius 2 is 1.71 bits per heavy atom. The normalized spacial score (nSPS) is 14.7. The Bertz CT molecular complexity index is 1290. The maximum Gasteiger partial charge on any atom is 0.228 e. The summed E-state index contributed by atoms with van der Waals surface area (Å²) in [4.78, 5) is 14.2. The van der Waals surface area contributed by atoms with Crippen molar-refractivity contribution >= 4 is 34.4 Å². The van der Waals surface area contributed by atoms with E-state index in [0.717, 1.165) is 44.0 Å². The second-order valence-electron chi connectivity index (χ2n) is 8.17. The minimum absolute atomic E-state index is 0.314. The lowest BCUT2D eigenvalue weighted by molar-refractivity contribution is 0.144. The smallest absolute Gasteiger partial charge is 0.228 e. The van der Waals surface area contributed by atoms with Crippen LogP contribution in [0.2, 0.25) is 5.02 Å². The number of piperazine rings is 1. The van der Waals surface area contributed by atoms with Crippen LogP contribution in [0.3, 0.4) is 0 Å². The van der Waals surface area contributed by atoms with Gasteiger partial charge in [-0.3, -0.25) is 4.90 Å². The summed E-state index contributed by atoms with van der Waals surface area (Å²) in [5.74, 6) is 0.679. The maximum atomic E-state index is 13.6. The van der Waals surface area contributed by atoms with Crippen molar-refractivity contribution in [2.24, 2.45) is 0 Å². The van der Waals surface area contributed by atoms with Gasteiger partial charge in [0, 0.05) is 50.4 Å². The highest BCUT2D eigenvalue weighted by Crippen LogP contribution is 2.34. The third-order valence-corrected chi connectivity index (χ3v) is 6.26. The molecule has 0 unspecified atom stereocenters. The summed E-state index contributed by atoms with van der Waals surface area (Å²) in [6.45, 7) is 4.94. The van der Waals surface area contributed by atoms with Gasteiger partial charge in [0.2, 0.25) is 5.95 Å². The summed E-state index contributed by atoms with van der Waals surface area (Å²) in [6, 6.07) is 13.5. The number of hydrogen-bond donors (Lipinski definition) is 1. The van der Waals surface area contributed by atoms with Crippen LogP contribution < -0.4 is 10.6 Å². The number of nitrogens with zero attached hydrogens (tertiary/aromatic N) is 6. The average molecular weight is 482 g/mol. The Balaban J connectivity index is 1.58. The van der Waals surface area contributed by atoms with Gasteiger partial charge in [-0.05, 0) is 48.5 Å². The second kappa shape index (κ2) is 9.54. The zero-order valence-corrected chi connectivity index (χ0v) is 19.5. The molecule has 1 saturated heterocycles. The molecule has 2 N–H and O–H groups in total. The van der Waals surface area contributed by atoms with Crippen LogP contribution in [-0.2, 0) is 4.74 Å². The van der Waals surface area contributed by atoms with E-state index < -0.39 is 0 Å². The fraction of sp³-hybridized carbons (Fsp3) is 0.292. The largest absolute Gasteiger partial charge is 0.383 e. The molecular formula is C24H25ClFN7O. The maximum absolute atomic E-state index is 13.6. The number of anilines is 2. The number of nitrogen functional groups attached to an aromatic ring is 1. The Morgan fingerprint density at radius 1 is 1.00 bits per heavy atom. The number of ether oxygens (including phenoxy) is 1. The number of rotatable bonds is 6. The molecule has 2 aromatic heterocycles. The van der Waals surface area contributed by atoms with E-state index in [0.29, 0.717) is 40.1 Å². The van der Waals surface area contributed by atoms with Crippen LogP contribution in [-0.4, -0.2) is 71.1 Å². The fourth-order valence-corrected chi connectivity index (χ4v) is 4.26. The van der Waals surface area contributed by atoms with E-state index >= 15 is 0 Å². The van der Waals surface area contributed by atoms with Crippen LogP contribution in [0.5, 0.6) is 0 Å². The van der Waals surface area contributed by atoms with Crippen molar-refractivity contribution in [2.45, 2.75) is 0 Å². The molecule has 2 aromatic carbocycles. The van der Waals surface area contributed by atoms with Crippen molar-refractivity contribution < 1.29 is 9.13 Å². The van der Waals surface area contributed by atoms with E-state index in [2.05, 4.69) is 9.80 Å². The molecule has 1 aliphatic rings. The number of benzene rings is 2. The topological polar surface area (TPSA) is 85.3 Å². The number of halogens is 2. The van der Waals surface area contributed by atoms with Gasteiger partial charge >= 0.3 is 0 Å². The first kappa shape index (κ1) is 22.5. The molecule has 0 amide bonds. The van der Waals surface area contributed by atoms with Crippen LogP contribution >= 0.6 is 11.6 Å². The van der Waals surface area contributed by atoms with Crippen LogP contribution in [0.25, 0.3) is 28.0 Å². The monoisotopic (exact) mass is 481 g/mol. The lowest BCUT2D eigenvalue weighted by Crippen LogP contribution is -2.47. The molecule has 10 heteroatoms. The zero-order valence-electron chi connectivity index (χ0n) is 18.8. The van der Waals surface area contributed by atoms with Gasteiger partial charge in [-0.25, -0.2) is 14.1 Å². The summed E-state index contributed by atoms with van der Waals surface area (Å²) in [6.07, 6.45) is 0. The number of methoxy groups -OCH3 is 1. The molecular weight excluding hydrogens is 457 g/mol. The summed E-state index contributed by atoms with van der Waals surface area (Å²) in [7, 11) is 1.71. The molecule has 0 aliphatic carbocycles. The van der Waals surface area contributed by atoms with Gasteiger partial charge in [0.25, 0.3) is 0 Å². The van der Waals surface area contributed by atoms with Crippen molar-refractivity contribution in [3.8, 4) is 16.9 Å². The Labute approximate surface area is 201 Å². The van der Waals surface area contributed by atoms with Gasteiger partial charge < -0.3 is 15.4 Å². The highest BCUT2D eigenvalue weighted by atomic mass is 35.5. The third-order valence-electron chi connectivity index (χ3n) is 6.01. The molecule has 1 fully saturated rings. The fourth-order valence-electron chi connectivity index (χ4n) is 4.13. The molecule has 0 bridgehead atoms. The highest BCUT2D eigenvalue weighted by molar-refractivity contribution is 6.30. The van der Waals surface area contributed by atoms with Gasteiger partial charge in [-0.15, -0.1) is 5.10 Å². The van der Waals surface area contributed by atoms with Crippen molar-refractivity contribution in [3.63, 3.8) is 0 Å². The number of nitrogens with two attached hydrogens (primary N) is 1. The molecule has 0 radical (unpaired) electrons. The van der Waals surface area contributed by atoms with Crippen LogP contribution in [0.15, 0.2) is 48.5 Å². The van der Waals surface area contributed by atoms with E-state index in [1.165, 1.54) is 12.1 Å². The summed E-state index contributed by atoms with van der Waals surface area (Å²) < 4.78 is 20.5. The van der Waals surface area contributed by atoms with Crippen molar-refractivity contribution in [1.29, 1.82) is 0 Å². The lowest BCUT2D eigenvalue weighted by Gasteiger charge is -2.34. The van der Waals surface area contributed by atoms with Gasteiger partial charge in [0.15, 0.2) is 5.65 Å². The van der Waals surface area contributed by atoms with Crippen LogP contribution in [0.4, 0.5) is 16.2 Å². The number of aromatic nitrogens is 4. The SMILES string of the molecule is COCCN1CCN(c2nc(-c3ccc(F)cc3)c3c(N)n(-c4ccc(Cl)cc4)nc3n2)CC1. The van der Waals surface area contributed by atoms with E-state index in [-0.39, 0.29) is 5.82 Å². The number of fused-ring (bicyclic) bond motifs is 1. The molecule has 1 aliphatic heterocycles. The zero-order chi connectivity index (χ0) is 23.7. The molecule has 0 saturated carbocycles. The highest BCUT2D eigenvalue weighted by Gasteiger charge is 2.24.